The van der Waals surface area contributed by atoms with Crippen LogP contribution < -0.4 is 0 Å². The second-order valence-corrected chi connectivity index (χ2v) is 7.67. The summed E-state index contributed by atoms with van der Waals surface area (Å²) in [6, 6.07) is 14.3. The van der Waals surface area contributed by atoms with Gasteiger partial charge in [0.1, 0.15) is 11.6 Å². The zero-order valence-corrected chi connectivity index (χ0v) is 16.4. The molecule has 0 saturated carbocycles. The van der Waals surface area contributed by atoms with Crippen molar-refractivity contribution >= 4 is 17.3 Å². The fraction of sp³-hybridized carbons (Fsp3) is 0.273. The number of carbonyl (C=O) groups excluding carboxylic acids is 1. The number of ether oxygens (including phenoxy) is 1. The summed E-state index contributed by atoms with van der Waals surface area (Å²) in [5, 5.41) is 2.89. The van der Waals surface area contributed by atoms with Crippen molar-refractivity contribution in [2.24, 2.45) is 0 Å². The van der Waals surface area contributed by atoms with Crippen molar-refractivity contribution in [3.05, 3.63) is 75.8 Å². The molecule has 0 bridgehead atoms. The molecule has 0 fully saturated rings. The second-order valence-electron chi connectivity index (χ2n) is 6.82. The molecule has 4 heteroatoms. The maximum absolute atomic E-state index is 12.3. The van der Waals surface area contributed by atoms with Crippen LogP contribution in [-0.2, 0) is 11.3 Å². The quantitative estimate of drug-likeness (QED) is 0.528. The van der Waals surface area contributed by atoms with E-state index in [1.807, 2.05) is 37.4 Å². The van der Waals surface area contributed by atoms with E-state index in [4.69, 9.17) is 4.74 Å². The average molecular weight is 365 g/mol. The molecule has 0 unspecified atom stereocenters. The number of aryl methyl sites for hydroxylation is 2. The number of nitrogens with zero attached hydrogens (tertiary/aromatic N) is 1. The first-order chi connectivity index (χ1) is 12.4. The molecule has 3 rings (SSSR count). The molecule has 1 aromatic heterocycles. The first kappa shape index (κ1) is 18.3. The maximum Gasteiger partial charge on any atom is 0.338 e. The van der Waals surface area contributed by atoms with Gasteiger partial charge >= 0.3 is 5.97 Å². The Morgan fingerprint density at radius 3 is 2.54 bits per heavy atom. The summed E-state index contributed by atoms with van der Waals surface area (Å²) in [6.07, 6.45) is 0. The van der Waals surface area contributed by atoms with Crippen LogP contribution in [0, 0.1) is 13.8 Å². The number of aromatic nitrogens is 1. The van der Waals surface area contributed by atoms with Gasteiger partial charge in [0, 0.05) is 10.9 Å². The Morgan fingerprint density at radius 2 is 1.85 bits per heavy atom. The van der Waals surface area contributed by atoms with Crippen LogP contribution in [-0.4, -0.2) is 11.0 Å². The molecule has 0 amide bonds. The molecule has 0 atom stereocenters. The van der Waals surface area contributed by atoms with Crippen molar-refractivity contribution in [1.82, 2.24) is 4.98 Å². The lowest BCUT2D eigenvalue weighted by atomic mass is 10.0. The molecular weight excluding hydrogens is 342 g/mol. The van der Waals surface area contributed by atoms with E-state index >= 15 is 0 Å². The van der Waals surface area contributed by atoms with Crippen molar-refractivity contribution in [3.63, 3.8) is 0 Å². The molecule has 0 aliphatic carbocycles. The summed E-state index contributed by atoms with van der Waals surface area (Å²) in [4.78, 5) is 16.9. The van der Waals surface area contributed by atoms with Crippen molar-refractivity contribution in [2.45, 2.75) is 40.2 Å². The Hall–Kier alpha value is -2.46. The van der Waals surface area contributed by atoms with E-state index < -0.39 is 0 Å². The van der Waals surface area contributed by atoms with E-state index in [0.29, 0.717) is 11.5 Å². The van der Waals surface area contributed by atoms with Gasteiger partial charge in [-0.2, -0.15) is 0 Å². The topological polar surface area (TPSA) is 39.2 Å². The van der Waals surface area contributed by atoms with Crippen LogP contribution in [0.3, 0.4) is 0 Å². The van der Waals surface area contributed by atoms with E-state index in [1.54, 1.807) is 11.3 Å². The van der Waals surface area contributed by atoms with Crippen LogP contribution in [0.25, 0.3) is 10.6 Å². The highest BCUT2D eigenvalue weighted by atomic mass is 32.1. The monoisotopic (exact) mass is 365 g/mol. The number of thiazole rings is 1. The van der Waals surface area contributed by atoms with Gasteiger partial charge in [0.15, 0.2) is 0 Å². The smallest absolute Gasteiger partial charge is 0.338 e. The molecule has 0 radical (unpaired) electrons. The van der Waals surface area contributed by atoms with Crippen molar-refractivity contribution in [3.8, 4) is 10.6 Å². The van der Waals surface area contributed by atoms with Gasteiger partial charge < -0.3 is 4.74 Å². The highest BCUT2D eigenvalue weighted by Crippen LogP contribution is 2.26. The lowest BCUT2D eigenvalue weighted by Gasteiger charge is -2.07. The van der Waals surface area contributed by atoms with E-state index in [1.165, 1.54) is 5.56 Å². The fourth-order valence-electron chi connectivity index (χ4n) is 2.69. The number of esters is 1. The Bertz CT molecular complexity index is 910. The fourth-order valence-corrected chi connectivity index (χ4v) is 3.50. The lowest BCUT2D eigenvalue weighted by Crippen LogP contribution is -2.07. The third-order valence-electron chi connectivity index (χ3n) is 4.34. The van der Waals surface area contributed by atoms with Crippen LogP contribution >= 0.6 is 11.3 Å². The van der Waals surface area contributed by atoms with E-state index in [2.05, 4.69) is 43.1 Å². The Morgan fingerprint density at radius 1 is 1.12 bits per heavy atom. The molecule has 0 spiro atoms. The van der Waals surface area contributed by atoms with Crippen LogP contribution in [0.4, 0.5) is 0 Å². The minimum absolute atomic E-state index is 0.187. The van der Waals surface area contributed by atoms with Gasteiger partial charge in [0.2, 0.25) is 0 Å². The zero-order chi connectivity index (χ0) is 18.7. The van der Waals surface area contributed by atoms with Crippen LogP contribution in [0.2, 0.25) is 0 Å². The number of carbonyl (C=O) groups is 1. The summed E-state index contributed by atoms with van der Waals surface area (Å²) in [5.41, 5.74) is 5.76. The zero-order valence-electron chi connectivity index (χ0n) is 15.6. The van der Waals surface area contributed by atoms with Gasteiger partial charge in [0.05, 0.1) is 11.3 Å². The van der Waals surface area contributed by atoms with Gasteiger partial charge in [-0.25, -0.2) is 9.78 Å². The minimum atomic E-state index is -0.304. The molecule has 26 heavy (non-hydrogen) atoms. The molecule has 3 aromatic rings. The molecule has 1 heterocycles. The third kappa shape index (κ3) is 4.20. The third-order valence-corrected chi connectivity index (χ3v) is 5.28. The molecule has 0 aliphatic rings. The molecule has 0 saturated heterocycles. The van der Waals surface area contributed by atoms with E-state index in [9.17, 15) is 4.79 Å². The predicted molar refractivity (Wildman–Crippen MR) is 107 cm³/mol. The summed E-state index contributed by atoms with van der Waals surface area (Å²) >= 11 is 1.57. The number of benzene rings is 2. The van der Waals surface area contributed by atoms with Crippen LogP contribution in [0.15, 0.2) is 47.8 Å². The van der Waals surface area contributed by atoms with Crippen molar-refractivity contribution in [1.29, 1.82) is 0 Å². The van der Waals surface area contributed by atoms with Gasteiger partial charge in [-0.05, 0) is 37.0 Å². The molecule has 0 N–H and O–H groups in total. The van der Waals surface area contributed by atoms with Gasteiger partial charge in [-0.3, -0.25) is 0 Å². The summed E-state index contributed by atoms with van der Waals surface area (Å²) in [7, 11) is 0. The van der Waals surface area contributed by atoms with Crippen molar-refractivity contribution in [2.75, 3.05) is 0 Å². The van der Waals surface area contributed by atoms with E-state index in [0.717, 1.165) is 27.4 Å². The van der Waals surface area contributed by atoms with Gasteiger partial charge in [-0.1, -0.05) is 55.8 Å². The average Bonchev–Trinajstić information content (AvgIpc) is 3.11. The van der Waals surface area contributed by atoms with Crippen molar-refractivity contribution < 1.29 is 9.53 Å². The minimum Gasteiger partial charge on any atom is -0.456 e. The van der Waals surface area contributed by atoms with Crippen LogP contribution in [0.5, 0.6) is 0 Å². The molecule has 2 aromatic carbocycles. The standard InChI is InChI=1S/C22H23NO2S/c1-14(2)17-7-9-18(10-8-17)21-23-19(13-26-21)12-25-22(24)20-11-15(3)5-6-16(20)4/h5-11,13-14H,12H2,1-4H3. The summed E-state index contributed by atoms with van der Waals surface area (Å²) < 4.78 is 5.45. The highest BCUT2D eigenvalue weighted by Gasteiger charge is 2.12. The SMILES string of the molecule is Cc1ccc(C)c(C(=O)OCc2csc(-c3ccc(C(C)C)cc3)n2)c1. The largest absolute Gasteiger partial charge is 0.456 e. The van der Waals surface area contributed by atoms with Crippen LogP contribution in [0.1, 0.15) is 52.5 Å². The Balaban J connectivity index is 1.67. The first-order valence-corrected chi connectivity index (χ1v) is 9.61. The molecule has 134 valence electrons. The predicted octanol–water partition coefficient (Wildman–Crippen LogP) is 5.91. The number of hydrogen-bond acceptors (Lipinski definition) is 4. The summed E-state index contributed by atoms with van der Waals surface area (Å²) in [6.45, 7) is 8.43. The maximum atomic E-state index is 12.3. The normalized spacial score (nSPS) is 11.0. The molecular formula is C22H23NO2S. The van der Waals surface area contributed by atoms with Gasteiger partial charge in [0.25, 0.3) is 0 Å². The lowest BCUT2D eigenvalue weighted by molar-refractivity contribution is 0.0467. The van der Waals surface area contributed by atoms with Gasteiger partial charge in [-0.15, -0.1) is 11.3 Å². The number of rotatable bonds is 5. The Kier molecular flexibility index (Phi) is 5.52. The summed E-state index contributed by atoms with van der Waals surface area (Å²) in [5.74, 6) is 0.211. The molecule has 3 nitrogen and oxygen atoms in total. The highest BCUT2D eigenvalue weighted by molar-refractivity contribution is 7.13. The molecule has 0 aliphatic heterocycles. The first-order valence-electron chi connectivity index (χ1n) is 8.73. The van der Waals surface area contributed by atoms with E-state index in [-0.39, 0.29) is 12.6 Å². The second kappa shape index (κ2) is 7.83. The number of hydrogen-bond donors (Lipinski definition) is 0. The Labute approximate surface area is 158 Å².